The molecule has 1 amide bonds. The number of likely N-dealkylation sites (N-methyl/N-ethyl adjacent to an activating group) is 1. The number of benzene rings is 2. The maximum Gasteiger partial charge on any atom is 0.234 e. The molecule has 0 radical (unpaired) electrons. The number of hydrogen-bond donors (Lipinski definition) is 1. The van der Waals surface area contributed by atoms with Gasteiger partial charge in [0.15, 0.2) is 0 Å². The zero-order valence-corrected chi connectivity index (χ0v) is 17.3. The lowest BCUT2D eigenvalue weighted by molar-refractivity contribution is -0.122. The maximum atomic E-state index is 12.3. The van der Waals surface area contributed by atoms with Crippen LogP contribution < -0.4 is 15.0 Å². The molecule has 0 saturated carbocycles. The van der Waals surface area contributed by atoms with Crippen molar-refractivity contribution < 1.29 is 9.53 Å². The average Bonchev–Trinajstić information content (AvgIpc) is 3.16. The summed E-state index contributed by atoms with van der Waals surface area (Å²) < 4.78 is 5.38. The number of carbonyl (C=O) groups is 1. The molecule has 28 heavy (non-hydrogen) atoms. The Balaban J connectivity index is 1.43. The monoisotopic (exact) mass is 401 g/mol. The first-order chi connectivity index (χ1) is 13.5. The summed E-state index contributed by atoms with van der Waals surface area (Å²) >= 11 is 6.08. The van der Waals surface area contributed by atoms with Crippen LogP contribution in [0.1, 0.15) is 12.0 Å². The minimum absolute atomic E-state index is 0.0432. The van der Waals surface area contributed by atoms with Crippen molar-refractivity contribution >= 4 is 23.2 Å². The average molecular weight is 402 g/mol. The third-order valence-corrected chi connectivity index (χ3v) is 5.33. The van der Waals surface area contributed by atoms with Crippen LogP contribution in [0.2, 0.25) is 5.02 Å². The summed E-state index contributed by atoms with van der Waals surface area (Å²) in [6.45, 7) is 3.68. The van der Waals surface area contributed by atoms with Gasteiger partial charge in [-0.25, -0.2) is 0 Å². The second-order valence-electron chi connectivity index (χ2n) is 7.37. The molecule has 0 bridgehead atoms. The molecule has 0 spiro atoms. The Morgan fingerprint density at radius 1 is 1.29 bits per heavy atom. The van der Waals surface area contributed by atoms with E-state index >= 15 is 0 Å². The fraction of sp³-hybridized carbons (Fsp3) is 0.409. The molecular formula is C22H28ClN3O2. The summed E-state index contributed by atoms with van der Waals surface area (Å²) in [5.74, 6) is 1.31. The molecule has 1 unspecified atom stereocenters. The first-order valence-corrected chi connectivity index (χ1v) is 10.0. The van der Waals surface area contributed by atoms with Gasteiger partial charge >= 0.3 is 0 Å². The van der Waals surface area contributed by atoms with Crippen LogP contribution >= 0.6 is 11.6 Å². The Kier molecular flexibility index (Phi) is 7.18. The molecule has 6 heteroatoms. The van der Waals surface area contributed by atoms with Crippen LogP contribution in [-0.4, -0.2) is 51.1 Å². The molecule has 0 aliphatic carbocycles. The maximum absolute atomic E-state index is 12.3. The normalized spacial score (nSPS) is 16.4. The van der Waals surface area contributed by atoms with E-state index in [9.17, 15) is 4.79 Å². The minimum atomic E-state index is 0.0432. The van der Waals surface area contributed by atoms with E-state index in [-0.39, 0.29) is 5.91 Å². The molecule has 1 heterocycles. The lowest BCUT2D eigenvalue weighted by Gasteiger charge is -2.20. The van der Waals surface area contributed by atoms with Gasteiger partial charge in [0.25, 0.3) is 0 Å². The van der Waals surface area contributed by atoms with E-state index in [2.05, 4.69) is 34.5 Å². The van der Waals surface area contributed by atoms with Crippen LogP contribution in [-0.2, 0) is 11.3 Å². The predicted octanol–water partition coefficient (Wildman–Crippen LogP) is 3.42. The van der Waals surface area contributed by atoms with E-state index in [4.69, 9.17) is 16.3 Å². The topological polar surface area (TPSA) is 44.8 Å². The lowest BCUT2D eigenvalue weighted by Crippen LogP contribution is -2.38. The van der Waals surface area contributed by atoms with Gasteiger partial charge in [0.05, 0.1) is 13.7 Å². The molecule has 1 atom stereocenters. The smallest absolute Gasteiger partial charge is 0.234 e. The number of halogens is 1. The number of nitrogens with one attached hydrogen (secondary N) is 1. The van der Waals surface area contributed by atoms with Gasteiger partial charge in [-0.15, -0.1) is 0 Å². The zero-order valence-electron chi connectivity index (χ0n) is 16.5. The molecule has 1 aliphatic rings. The van der Waals surface area contributed by atoms with Gasteiger partial charge in [0.1, 0.15) is 5.75 Å². The van der Waals surface area contributed by atoms with Gasteiger partial charge in [0.2, 0.25) is 5.91 Å². The van der Waals surface area contributed by atoms with Crippen molar-refractivity contribution in [2.75, 3.05) is 45.2 Å². The number of carbonyl (C=O) groups excluding carboxylic acids is 1. The first kappa shape index (κ1) is 20.5. The number of rotatable bonds is 8. The highest BCUT2D eigenvalue weighted by Crippen LogP contribution is 2.24. The molecule has 5 nitrogen and oxygen atoms in total. The summed E-state index contributed by atoms with van der Waals surface area (Å²) in [5.41, 5.74) is 2.23. The molecule has 1 saturated heterocycles. The van der Waals surface area contributed by atoms with Gasteiger partial charge in [-0.2, -0.15) is 0 Å². The molecule has 1 fully saturated rings. The fourth-order valence-corrected chi connectivity index (χ4v) is 3.84. The Morgan fingerprint density at radius 2 is 2.07 bits per heavy atom. The van der Waals surface area contributed by atoms with Gasteiger partial charge in [-0.3, -0.25) is 9.69 Å². The molecule has 1 aliphatic heterocycles. The van der Waals surface area contributed by atoms with Crippen molar-refractivity contribution in [1.29, 1.82) is 0 Å². The Labute approximate surface area is 172 Å². The van der Waals surface area contributed by atoms with E-state index in [1.807, 2.05) is 30.1 Å². The Bertz CT molecular complexity index is 785. The van der Waals surface area contributed by atoms with E-state index < -0.39 is 0 Å². The van der Waals surface area contributed by atoms with E-state index in [0.29, 0.717) is 24.0 Å². The van der Waals surface area contributed by atoms with Crippen LogP contribution in [0, 0.1) is 5.92 Å². The third kappa shape index (κ3) is 5.63. The largest absolute Gasteiger partial charge is 0.496 e. The Hall–Kier alpha value is -2.24. The number of para-hydroxylation sites is 1. The summed E-state index contributed by atoms with van der Waals surface area (Å²) in [6, 6.07) is 16.0. The highest BCUT2D eigenvalue weighted by molar-refractivity contribution is 6.30. The molecule has 150 valence electrons. The lowest BCUT2D eigenvalue weighted by atomic mass is 10.1. The SMILES string of the molecule is COc1ccc(Cl)cc1CN(C)CC(=O)NCC1CCN(c2ccccc2)C1. The van der Waals surface area contributed by atoms with Gasteiger partial charge in [-0.1, -0.05) is 29.8 Å². The molecule has 2 aromatic rings. The first-order valence-electron chi connectivity index (χ1n) is 9.63. The van der Waals surface area contributed by atoms with Crippen molar-refractivity contribution in [2.24, 2.45) is 5.92 Å². The number of nitrogens with zero attached hydrogens (tertiary/aromatic N) is 2. The fourth-order valence-electron chi connectivity index (χ4n) is 3.65. The zero-order chi connectivity index (χ0) is 19.9. The number of anilines is 1. The Morgan fingerprint density at radius 3 is 2.82 bits per heavy atom. The second kappa shape index (κ2) is 9.80. The standard InChI is InChI=1S/C22H28ClN3O2/c1-25(15-18-12-19(23)8-9-21(18)28-2)16-22(27)24-13-17-10-11-26(14-17)20-6-4-3-5-7-20/h3-9,12,17H,10-11,13-16H2,1-2H3,(H,24,27). The van der Waals surface area contributed by atoms with E-state index in [0.717, 1.165) is 37.4 Å². The third-order valence-electron chi connectivity index (χ3n) is 5.09. The number of amides is 1. The van der Waals surface area contributed by atoms with Crippen molar-refractivity contribution in [3.63, 3.8) is 0 Å². The van der Waals surface area contributed by atoms with Crippen LogP contribution in [0.15, 0.2) is 48.5 Å². The van der Waals surface area contributed by atoms with Crippen LogP contribution in [0.4, 0.5) is 5.69 Å². The van der Waals surface area contributed by atoms with Crippen molar-refractivity contribution in [3.8, 4) is 5.75 Å². The summed E-state index contributed by atoms with van der Waals surface area (Å²) in [5, 5.41) is 3.75. The van der Waals surface area contributed by atoms with Crippen LogP contribution in [0.25, 0.3) is 0 Å². The van der Waals surface area contributed by atoms with Crippen LogP contribution in [0.3, 0.4) is 0 Å². The molecule has 1 N–H and O–H groups in total. The van der Waals surface area contributed by atoms with E-state index in [1.54, 1.807) is 13.2 Å². The molecule has 0 aromatic heterocycles. The van der Waals surface area contributed by atoms with Gasteiger partial charge in [0, 0.05) is 42.5 Å². The summed E-state index contributed by atoms with van der Waals surface area (Å²) in [4.78, 5) is 16.7. The molecule has 2 aromatic carbocycles. The van der Waals surface area contributed by atoms with Crippen molar-refractivity contribution in [3.05, 3.63) is 59.1 Å². The highest BCUT2D eigenvalue weighted by atomic mass is 35.5. The van der Waals surface area contributed by atoms with Gasteiger partial charge in [-0.05, 0) is 49.7 Å². The predicted molar refractivity (Wildman–Crippen MR) is 114 cm³/mol. The number of ether oxygens (including phenoxy) is 1. The number of hydrogen-bond acceptors (Lipinski definition) is 4. The quantitative estimate of drug-likeness (QED) is 0.736. The highest BCUT2D eigenvalue weighted by Gasteiger charge is 2.23. The molecule has 3 rings (SSSR count). The molecular weight excluding hydrogens is 374 g/mol. The van der Waals surface area contributed by atoms with Gasteiger partial charge < -0.3 is 15.0 Å². The second-order valence-corrected chi connectivity index (χ2v) is 7.81. The van der Waals surface area contributed by atoms with Crippen molar-refractivity contribution in [2.45, 2.75) is 13.0 Å². The summed E-state index contributed by atoms with van der Waals surface area (Å²) in [7, 11) is 3.56. The summed E-state index contributed by atoms with van der Waals surface area (Å²) in [6.07, 6.45) is 1.10. The number of methoxy groups -OCH3 is 1. The van der Waals surface area contributed by atoms with Crippen LogP contribution in [0.5, 0.6) is 5.75 Å². The van der Waals surface area contributed by atoms with Crippen molar-refractivity contribution in [1.82, 2.24) is 10.2 Å². The van der Waals surface area contributed by atoms with E-state index in [1.165, 1.54) is 5.69 Å². The minimum Gasteiger partial charge on any atom is -0.496 e.